The summed E-state index contributed by atoms with van der Waals surface area (Å²) in [6, 6.07) is 9.97. The Kier molecular flexibility index (Phi) is 3.11. The maximum absolute atomic E-state index is 12.2. The first kappa shape index (κ1) is 11.8. The molecule has 0 aromatic heterocycles. The van der Waals surface area contributed by atoms with Crippen LogP contribution in [0.25, 0.3) is 0 Å². The molecular formula is C16H20O2. The molecule has 0 N–H and O–H groups in total. The molecule has 0 radical (unpaired) electrons. The van der Waals surface area contributed by atoms with Crippen LogP contribution in [0.4, 0.5) is 0 Å². The first-order chi connectivity index (χ1) is 8.74. The number of hydrogen-bond acceptors (Lipinski definition) is 2. The molecule has 2 nitrogen and oxygen atoms in total. The molecule has 1 aromatic carbocycles. The van der Waals surface area contributed by atoms with Gasteiger partial charge in [0.25, 0.3) is 0 Å². The number of rotatable bonds is 3. The number of hydrogen-bond donors (Lipinski definition) is 0. The highest BCUT2D eigenvalue weighted by molar-refractivity contribution is 5.73. The van der Waals surface area contributed by atoms with Gasteiger partial charge in [0.15, 0.2) is 0 Å². The van der Waals surface area contributed by atoms with Crippen LogP contribution in [0.3, 0.4) is 0 Å². The van der Waals surface area contributed by atoms with Gasteiger partial charge in [-0.15, -0.1) is 0 Å². The van der Waals surface area contributed by atoms with Crippen molar-refractivity contribution in [1.29, 1.82) is 0 Å². The van der Waals surface area contributed by atoms with Crippen molar-refractivity contribution in [3.8, 4) is 0 Å². The predicted molar refractivity (Wildman–Crippen MR) is 69.9 cm³/mol. The van der Waals surface area contributed by atoms with Gasteiger partial charge in [0.05, 0.1) is 5.92 Å². The van der Waals surface area contributed by atoms with Crippen molar-refractivity contribution in [1.82, 2.24) is 0 Å². The van der Waals surface area contributed by atoms with E-state index in [2.05, 4.69) is 0 Å². The predicted octanol–water partition coefficient (Wildman–Crippen LogP) is 3.73. The van der Waals surface area contributed by atoms with Crippen molar-refractivity contribution in [3.63, 3.8) is 0 Å². The number of fused-ring (bicyclic) bond motifs is 2. The fraction of sp³-hybridized carbons (Fsp3) is 0.562. The lowest BCUT2D eigenvalue weighted by molar-refractivity contribution is -0.155. The first-order valence-electron chi connectivity index (χ1n) is 6.99. The van der Waals surface area contributed by atoms with E-state index in [1.807, 2.05) is 37.3 Å². The van der Waals surface area contributed by atoms with E-state index in [-0.39, 0.29) is 18.0 Å². The summed E-state index contributed by atoms with van der Waals surface area (Å²) < 4.78 is 5.63. The van der Waals surface area contributed by atoms with Crippen LogP contribution in [0.1, 0.15) is 44.3 Å². The molecule has 1 aromatic rings. The topological polar surface area (TPSA) is 26.3 Å². The highest BCUT2D eigenvalue weighted by Gasteiger charge is 2.44. The Bertz CT molecular complexity index is 426. The van der Waals surface area contributed by atoms with Crippen molar-refractivity contribution in [2.45, 2.75) is 38.7 Å². The Hall–Kier alpha value is -1.31. The summed E-state index contributed by atoms with van der Waals surface area (Å²) in [5.74, 6) is 1.60. The molecule has 0 aliphatic heterocycles. The second-order valence-corrected chi connectivity index (χ2v) is 5.77. The van der Waals surface area contributed by atoms with E-state index in [0.29, 0.717) is 5.92 Å². The summed E-state index contributed by atoms with van der Waals surface area (Å²) in [6.07, 6.45) is 4.73. The Morgan fingerprint density at radius 1 is 1.22 bits per heavy atom. The maximum atomic E-state index is 12.2. The van der Waals surface area contributed by atoms with Gasteiger partial charge in [-0.3, -0.25) is 4.79 Å². The zero-order valence-corrected chi connectivity index (χ0v) is 10.8. The molecule has 2 heteroatoms. The normalized spacial score (nSPS) is 31.3. The molecule has 4 unspecified atom stereocenters. The summed E-state index contributed by atoms with van der Waals surface area (Å²) in [5.41, 5.74) is 1.08. The van der Waals surface area contributed by atoms with E-state index < -0.39 is 0 Å². The third kappa shape index (κ3) is 2.16. The maximum Gasteiger partial charge on any atom is 0.309 e. The highest BCUT2D eigenvalue weighted by Crippen LogP contribution is 2.49. The molecule has 18 heavy (non-hydrogen) atoms. The van der Waals surface area contributed by atoms with Gasteiger partial charge in [-0.2, -0.15) is 0 Å². The molecule has 0 heterocycles. The van der Waals surface area contributed by atoms with Gasteiger partial charge in [-0.05, 0) is 43.6 Å². The van der Waals surface area contributed by atoms with Crippen LogP contribution in [0.5, 0.6) is 0 Å². The first-order valence-corrected chi connectivity index (χ1v) is 6.99. The standard InChI is InChI=1S/C16H20O2/c1-11(13-5-3-2-4-6-13)18-16(17)15-10-12-7-8-14(15)9-12/h2-6,11-12,14-15H,7-10H2,1H3. The quantitative estimate of drug-likeness (QED) is 0.757. The molecule has 2 aliphatic carbocycles. The Morgan fingerprint density at radius 3 is 2.61 bits per heavy atom. The van der Waals surface area contributed by atoms with Gasteiger partial charge in [0.2, 0.25) is 0 Å². The number of esters is 1. The minimum absolute atomic E-state index is 0.0264. The molecule has 2 bridgehead atoms. The lowest BCUT2D eigenvalue weighted by Gasteiger charge is -2.22. The zero-order valence-electron chi connectivity index (χ0n) is 10.8. The monoisotopic (exact) mass is 244 g/mol. The van der Waals surface area contributed by atoms with E-state index in [0.717, 1.165) is 17.9 Å². The SMILES string of the molecule is CC(OC(=O)C1CC2CCC1C2)c1ccccc1. The molecule has 2 aliphatic rings. The van der Waals surface area contributed by atoms with Crippen LogP contribution in [-0.4, -0.2) is 5.97 Å². The fourth-order valence-corrected chi connectivity index (χ4v) is 3.59. The van der Waals surface area contributed by atoms with Crippen molar-refractivity contribution < 1.29 is 9.53 Å². The van der Waals surface area contributed by atoms with Gasteiger partial charge in [-0.1, -0.05) is 36.8 Å². The van der Waals surface area contributed by atoms with Crippen molar-refractivity contribution in [2.75, 3.05) is 0 Å². The fourth-order valence-electron chi connectivity index (χ4n) is 3.59. The van der Waals surface area contributed by atoms with Crippen molar-refractivity contribution >= 4 is 5.97 Å². The minimum Gasteiger partial charge on any atom is -0.458 e. The van der Waals surface area contributed by atoms with E-state index in [9.17, 15) is 4.79 Å². The third-order valence-corrected chi connectivity index (χ3v) is 4.60. The average molecular weight is 244 g/mol. The minimum atomic E-state index is -0.127. The molecule has 0 saturated heterocycles. The lowest BCUT2D eigenvalue weighted by Crippen LogP contribution is -2.24. The van der Waals surface area contributed by atoms with Gasteiger partial charge < -0.3 is 4.74 Å². The van der Waals surface area contributed by atoms with E-state index in [1.165, 1.54) is 19.3 Å². The molecule has 0 spiro atoms. The summed E-state index contributed by atoms with van der Waals surface area (Å²) in [6.45, 7) is 1.96. The molecule has 0 amide bonds. The zero-order chi connectivity index (χ0) is 12.5. The van der Waals surface area contributed by atoms with Crippen LogP contribution < -0.4 is 0 Å². The summed E-state index contributed by atoms with van der Waals surface area (Å²) in [5, 5.41) is 0. The Morgan fingerprint density at radius 2 is 2.00 bits per heavy atom. The number of ether oxygens (including phenoxy) is 1. The van der Waals surface area contributed by atoms with E-state index in [1.54, 1.807) is 0 Å². The lowest BCUT2D eigenvalue weighted by atomic mass is 9.89. The number of carbonyl (C=O) groups is 1. The smallest absolute Gasteiger partial charge is 0.309 e. The van der Waals surface area contributed by atoms with Crippen LogP contribution in [-0.2, 0) is 9.53 Å². The Balaban J connectivity index is 1.61. The second kappa shape index (κ2) is 4.75. The van der Waals surface area contributed by atoms with Crippen LogP contribution in [0.15, 0.2) is 30.3 Å². The largest absolute Gasteiger partial charge is 0.458 e. The molecule has 3 rings (SSSR count). The second-order valence-electron chi connectivity index (χ2n) is 5.77. The van der Waals surface area contributed by atoms with Gasteiger partial charge >= 0.3 is 5.97 Å². The average Bonchev–Trinajstić information content (AvgIpc) is 3.02. The Labute approximate surface area is 108 Å². The molecular weight excluding hydrogens is 224 g/mol. The van der Waals surface area contributed by atoms with Crippen LogP contribution in [0.2, 0.25) is 0 Å². The van der Waals surface area contributed by atoms with Crippen molar-refractivity contribution in [2.24, 2.45) is 17.8 Å². The van der Waals surface area contributed by atoms with E-state index in [4.69, 9.17) is 4.74 Å². The van der Waals surface area contributed by atoms with Crippen LogP contribution in [0, 0.1) is 17.8 Å². The third-order valence-electron chi connectivity index (χ3n) is 4.60. The van der Waals surface area contributed by atoms with Crippen molar-refractivity contribution in [3.05, 3.63) is 35.9 Å². The van der Waals surface area contributed by atoms with Gasteiger partial charge in [0.1, 0.15) is 6.10 Å². The summed E-state index contributed by atoms with van der Waals surface area (Å²) >= 11 is 0. The highest BCUT2D eigenvalue weighted by atomic mass is 16.5. The molecule has 2 fully saturated rings. The molecule has 4 atom stereocenters. The molecule has 2 saturated carbocycles. The number of benzene rings is 1. The van der Waals surface area contributed by atoms with Gasteiger partial charge in [-0.25, -0.2) is 0 Å². The molecule has 96 valence electrons. The van der Waals surface area contributed by atoms with Gasteiger partial charge in [0, 0.05) is 0 Å². The number of carbonyl (C=O) groups excluding carboxylic acids is 1. The van der Waals surface area contributed by atoms with Crippen LogP contribution >= 0.6 is 0 Å². The summed E-state index contributed by atoms with van der Waals surface area (Å²) in [7, 11) is 0. The summed E-state index contributed by atoms with van der Waals surface area (Å²) in [4.78, 5) is 12.2. The van der Waals surface area contributed by atoms with E-state index >= 15 is 0 Å².